The lowest BCUT2D eigenvalue weighted by Crippen LogP contribution is -2.09. The predicted octanol–water partition coefficient (Wildman–Crippen LogP) is 3.22. The van der Waals surface area contributed by atoms with Gasteiger partial charge in [-0.25, -0.2) is 4.79 Å². The molecule has 1 aliphatic carbocycles. The maximum atomic E-state index is 11.6. The average molecular weight is 233 g/mol. The number of nitrogens with zero attached hydrogens (tertiary/aromatic N) is 1. The quantitative estimate of drug-likeness (QED) is 0.752. The molecule has 92 valence electrons. The van der Waals surface area contributed by atoms with Gasteiger partial charge in [-0.1, -0.05) is 12.8 Å². The number of carbonyl (C=O) groups excluding carboxylic acids is 1. The summed E-state index contributed by atoms with van der Waals surface area (Å²) in [5.74, 6) is 0.320. The highest BCUT2D eigenvalue weighted by Gasteiger charge is 2.20. The van der Waals surface area contributed by atoms with Crippen LogP contribution in [0.1, 0.15) is 60.3 Å². The second kappa shape index (κ2) is 5.30. The molecule has 0 radical (unpaired) electrons. The molecule has 1 aromatic heterocycles. The molecule has 0 aliphatic heterocycles. The first-order chi connectivity index (χ1) is 8.22. The Balaban J connectivity index is 2.19. The summed E-state index contributed by atoms with van der Waals surface area (Å²) >= 11 is 0. The van der Waals surface area contributed by atoms with Crippen molar-refractivity contribution in [1.82, 2.24) is 4.98 Å². The molecule has 3 heteroatoms. The van der Waals surface area contributed by atoms with Gasteiger partial charge < -0.3 is 4.74 Å². The van der Waals surface area contributed by atoms with Crippen molar-refractivity contribution in [3.8, 4) is 0 Å². The van der Waals surface area contributed by atoms with Gasteiger partial charge in [0.05, 0.1) is 17.9 Å². The minimum absolute atomic E-state index is 0.268. The summed E-state index contributed by atoms with van der Waals surface area (Å²) in [5, 5.41) is 0. The van der Waals surface area contributed by atoms with Crippen molar-refractivity contribution < 1.29 is 9.53 Å². The third kappa shape index (κ3) is 2.65. The molecule has 1 aromatic rings. The van der Waals surface area contributed by atoms with Crippen molar-refractivity contribution in [2.24, 2.45) is 0 Å². The summed E-state index contributed by atoms with van der Waals surface area (Å²) in [7, 11) is 0. The molecule has 1 heterocycles. The second-order valence-electron chi connectivity index (χ2n) is 4.57. The Morgan fingerprint density at radius 2 is 2.12 bits per heavy atom. The zero-order valence-corrected chi connectivity index (χ0v) is 10.5. The highest BCUT2D eigenvalue weighted by Crippen LogP contribution is 2.33. The summed E-state index contributed by atoms with van der Waals surface area (Å²) in [6, 6.07) is 3.84. The fraction of sp³-hybridized carbons (Fsp3) is 0.571. The van der Waals surface area contributed by atoms with Crippen molar-refractivity contribution in [1.29, 1.82) is 0 Å². The van der Waals surface area contributed by atoms with Crippen LogP contribution in [-0.2, 0) is 4.74 Å². The Hall–Kier alpha value is -1.38. The van der Waals surface area contributed by atoms with Crippen LogP contribution in [-0.4, -0.2) is 17.6 Å². The largest absolute Gasteiger partial charge is 0.462 e. The van der Waals surface area contributed by atoms with E-state index in [4.69, 9.17) is 4.74 Å². The summed E-state index contributed by atoms with van der Waals surface area (Å²) in [6.07, 6.45) is 5.05. The highest BCUT2D eigenvalue weighted by atomic mass is 16.5. The van der Waals surface area contributed by atoms with E-state index in [0.717, 1.165) is 11.4 Å². The van der Waals surface area contributed by atoms with Gasteiger partial charge in [-0.15, -0.1) is 0 Å². The molecular weight excluding hydrogens is 214 g/mol. The maximum Gasteiger partial charge on any atom is 0.339 e. The van der Waals surface area contributed by atoms with Crippen LogP contribution in [0.25, 0.3) is 0 Å². The number of ether oxygens (including phenoxy) is 1. The van der Waals surface area contributed by atoms with Crippen molar-refractivity contribution in [3.63, 3.8) is 0 Å². The summed E-state index contributed by atoms with van der Waals surface area (Å²) in [4.78, 5) is 16.2. The fourth-order valence-electron chi connectivity index (χ4n) is 2.45. The number of hydrogen-bond acceptors (Lipinski definition) is 3. The standard InChI is InChI=1S/C14H19NO2/c1-3-17-14(16)12-8-9-13(15-10(12)2)11-6-4-5-7-11/h8-9,11H,3-7H2,1-2H3. The van der Waals surface area contributed by atoms with Gasteiger partial charge in [0, 0.05) is 11.6 Å². The third-order valence-electron chi connectivity index (χ3n) is 3.38. The third-order valence-corrected chi connectivity index (χ3v) is 3.38. The van der Waals surface area contributed by atoms with Crippen LogP contribution in [0, 0.1) is 6.92 Å². The van der Waals surface area contributed by atoms with Gasteiger partial charge in [0.2, 0.25) is 0 Å². The van der Waals surface area contributed by atoms with E-state index in [9.17, 15) is 4.79 Å². The molecule has 17 heavy (non-hydrogen) atoms. The molecule has 0 bridgehead atoms. The van der Waals surface area contributed by atoms with Gasteiger partial charge in [0.15, 0.2) is 0 Å². The Morgan fingerprint density at radius 1 is 1.41 bits per heavy atom. The number of carbonyl (C=O) groups is 1. The molecule has 0 aromatic carbocycles. The number of esters is 1. The Morgan fingerprint density at radius 3 is 2.71 bits per heavy atom. The van der Waals surface area contributed by atoms with Gasteiger partial charge in [0.25, 0.3) is 0 Å². The second-order valence-corrected chi connectivity index (χ2v) is 4.57. The van der Waals surface area contributed by atoms with E-state index < -0.39 is 0 Å². The zero-order chi connectivity index (χ0) is 12.3. The lowest BCUT2D eigenvalue weighted by molar-refractivity contribution is 0.0525. The fourth-order valence-corrected chi connectivity index (χ4v) is 2.45. The first-order valence-electron chi connectivity index (χ1n) is 6.37. The summed E-state index contributed by atoms with van der Waals surface area (Å²) < 4.78 is 5.00. The molecule has 0 amide bonds. The van der Waals surface area contributed by atoms with Crippen LogP contribution in [0.15, 0.2) is 12.1 Å². The van der Waals surface area contributed by atoms with Crippen LogP contribution in [0.2, 0.25) is 0 Å². The van der Waals surface area contributed by atoms with E-state index in [1.165, 1.54) is 25.7 Å². The lowest BCUT2D eigenvalue weighted by atomic mass is 10.0. The van der Waals surface area contributed by atoms with E-state index in [1.807, 2.05) is 26.0 Å². The molecule has 1 saturated carbocycles. The Kier molecular flexibility index (Phi) is 3.77. The zero-order valence-electron chi connectivity index (χ0n) is 10.5. The molecule has 3 nitrogen and oxygen atoms in total. The number of aryl methyl sites for hydroxylation is 1. The van der Waals surface area contributed by atoms with Crippen LogP contribution < -0.4 is 0 Å². The van der Waals surface area contributed by atoms with Gasteiger partial charge in [-0.3, -0.25) is 4.98 Å². The molecule has 0 unspecified atom stereocenters. The van der Waals surface area contributed by atoms with Crippen molar-refractivity contribution in [2.45, 2.75) is 45.4 Å². The number of aromatic nitrogens is 1. The molecule has 0 saturated heterocycles. The van der Waals surface area contributed by atoms with E-state index in [1.54, 1.807) is 0 Å². The van der Waals surface area contributed by atoms with Gasteiger partial charge >= 0.3 is 5.97 Å². The first-order valence-corrected chi connectivity index (χ1v) is 6.37. The highest BCUT2D eigenvalue weighted by molar-refractivity contribution is 5.90. The molecular formula is C14H19NO2. The Labute approximate surface area is 102 Å². The van der Waals surface area contributed by atoms with Crippen LogP contribution >= 0.6 is 0 Å². The van der Waals surface area contributed by atoms with E-state index in [0.29, 0.717) is 18.1 Å². The minimum Gasteiger partial charge on any atom is -0.462 e. The predicted molar refractivity (Wildman–Crippen MR) is 66.1 cm³/mol. The van der Waals surface area contributed by atoms with E-state index in [2.05, 4.69) is 4.98 Å². The number of hydrogen-bond donors (Lipinski definition) is 0. The number of rotatable bonds is 3. The molecule has 0 N–H and O–H groups in total. The van der Waals surface area contributed by atoms with E-state index >= 15 is 0 Å². The molecule has 2 rings (SSSR count). The Bertz CT molecular complexity index is 409. The van der Waals surface area contributed by atoms with Crippen molar-refractivity contribution in [2.75, 3.05) is 6.61 Å². The summed E-state index contributed by atoms with van der Waals surface area (Å²) in [5.41, 5.74) is 2.51. The van der Waals surface area contributed by atoms with Crippen LogP contribution in [0.3, 0.4) is 0 Å². The topological polar surface area (TPSA) is 39.2 Å². The molecule has 0 spiro atoms. The lowest BCUT2D eigenvalue weighted by Gasteiger charge is -2.11. The SMILES string of the molecule is CCOC(=O)c1ccc(C2CCCC2)nc1C. The summed E-state index contributed by atoms with van der Waals surface area (Å²) in [6.45, 7) is 4.10. The minimum atomic E-state index is -0.268. The van der Waals surface area contributed by atoms with E-state index in [-0.39, 0.29) is 5.97 Å². The normalized spacial score (nSPS) is 16.1. The average Bonchev–Trinajstić information content (AvgIpc) is 2.82. The molecule has 1 fully saturated rings. The van der Waals surface area contributed by atoms with Crippen molar-refractivity contribution in [3.05, 3.63) is 29.1 Å². The van der Waals surface area contributed by atoms with Crippen LogP contribution in [0.5, 0.6) is 0 Å². The smallest absolute Gasteiger partial charge is 0.339 e. The number of pyridine rings is 1. The van der Waals surface area contributed by atoms with Gasteiger partial charge in [-0.2, -0.15) is 0 Å². The maximum absolute atomic E-state index is 11.6. The molecule has 0 atom stereocenters. The molecule has 1 aliphatic rings. The monoisotopic (exact) mass is 233 g/mol. The first kappa shape index (κ1) is 12.1. The van der Waals surface area contributed by atoms with Gasteiger partial charge in [-0.05, 0) is 38.8 Å². The van der Waals surface area contributed by atoms with Crippen molar-refractivity contribution >= 4 is 5.97 Å². The van der Waals surface area contributed by atoms with Crippen LogP contribution in [0.4, 0.5) is 0 Å². The van der Waals surface area contributed by atoms with Gasteiger partial charge in [0.1, 0.15) is 0 Å².